The summed E-state index contributed by atoms with van der Waals surface area (Å²) >= 11 is 5.87. The fourth-order valence-corrected chi connectivity index (χ4v) is 3.49. The molecule has 3 rings (SSSR count). The van der Waals surface area contributed by atoms with Crippen LogP contribution in [0.3, 0.4) is 0 Å². The quantitative estimate of drug-likeness (QED) is 0.853. The third-order valence-electron chi connectivity index (χ3n) is 4.58. The summed E-state index contributed by atoms with van der Waals surface area (Å²) in [5.74, 6) is 0.137. The first-order valence-electron chi connectivity index (χ1n) is 8.14. The highest BCUT2D eigenvalue weighted by Crippen LogP contribution is 2.24. The van der Waals surface area contributed by atoms with E-state index in [1.165, 1.54) is 6.42 Å². The second kappa shape index (κ2) is 6.75. The molecular formula is C18H22ClN3O. The zero-order chi connectivity index (χ0) is 16.4. The lowest BCUT2D eigenvalue weighted by molar-refractivity contribution is 0.0511. The van der Waals surface area contributed by atoms with E-state index in [4.69, 9.17) is 11.6 Å². The zero-order valence-corrected chi connectivity index (χ0v) is 14.3. The average molecular weight is 332 g/mol. The normalized spacial score (nSPS) is 21.4. The van der Waals surface area contributed by atoms with Crippen LogP contribution in [0.4, 0.5) is 0 Å². The summed E-state index contributed by atoms with van der Waals surface area (Å²) in [5.41, 5.74) is 1.86. The molecule has 0 bridgehead atoms. The standard InChI is InChI=1S/C18H22ClN3O/c1-13-4-3-5-14(2)22(13)18(23)16-8-6-15(7-9-16)11-21-12-17(19)10-20-21/h6-10,12-14H,3-5,11H2,1-2H3/t13-,14-/m0/s1. The highest BCUT2D eigenvalue weighted by Gasteiger charge is 2.29. The molecule has 1 aromatic heterocycles. The van der Waals surface area contributed by atoms with E-state index in [0.717, 1.165) is 24.0 Å². The third-order valence-corrected chi connectivity index (χ3v) is 4.77. The Hall–Kier alpha value is -1.81. The lowest BCUT2D eigenvalue weighted by atomic mass is 9.96. The summed E-state index contributed by atoms with van der Waals surface area (Å²) in [5, 5.41) is 4.80. The zero-order valence-electron chi connectivity index (χ0n) is 13.6. The maximum absolute atomic E-state index is 12.8. The Balaban J connectivity index is 1.72. The lowest BCUT2D eigenvalue weighted by Gasteiger charge is -2.39. The highest BCUT2D eigenvalue weighted by atomic mass is 35.5. The SMILES string of the molecule is C[C@H]1CCC[C@H](C)N1C(=O)c1ccc(Cn2cc(Cl)cn2)cc1. The predicted octanol–water partition coefficient (Wildman–Crippen LogP) is 3.99. The first-order valence-corrected chi connectivity index (χ1v) is 8.52. The van der Waals surface area contributed by atoms with Gasteiger partial charge in [-0.15, -0.1) is 0 Å². The Morgan fingerprint density at radius 1 is 1.22 bits per heavy atom. The van der Waals surface area contributed by atoms with Gasteiger partial charge in [0.1, 0.15) is 0 Å². The number of carbonyl (C=O) groups excluding carboxylic acids is 1. The number of piperidine rings is 1. The number of likely N-dealkylation sites (tertiary alicyclic amines) is 1. The smallest absolute Gasteiger partial charge is 0.254 e. The predicted molar refractivity (Wildman–Crippen MR) is 91.7 cm³/mol. The number of hydrogen-bond donors (Lipinski definition) is 0. The molecule has 23 heavy (non-hydrogen) atoms. The molecule has 1 amide bonds. The van der Waals surface area contributed by atoms with Gasteiger partial charge in [-0.3, -0.25) is 9.48 Å². The number of hydrogen-bond acceptors (Lipinski definition) is 2. The molecule has 0 radical (unpaired) electrons. The average Bonchev–Trinajstić information content (AvgIpc) is 2.93. The Bertz CT molecular complexity index is 670. The van der Waals surface area contributed by atoms with Crippen LogP contribution in [-0.2, 0) is 6.54 Å². The molecular weight excluding hydrogens is 310 g/mol. The van der Waals surface area contributed by atoms with Crippen LogP contribution in [0.5, 0.6) is 0 Å². The summed E-state index contributed by atoms with van der Waals surface area (Å²) in [6.07, 6.45) is 6.80. The third kappa shape index (κ3) is 3.58. The van der Waals surface area contributed by atoms with Crippen molar-refractivity contribution < 1.29 is 4.79 Å². The maximum atomic E-state index is 12.8. The Labute approximate surface area is 142 Å². The van der Waals surface area contributed by atoms with Gasteiger partial charge in [-0.25, -0.2) is 0 Å². The van der Waals surface area contributed by atoms with Gasteiger partial charge in [0.15, 0.2) is 0 Å². The van der Waals surface area contributed by atoms with Crippen molar-refractivity contribution in [3.05, 3.63) is 52.8 Å². The summed E-state index contributed by atoms with van der Waals surface area (Å²) in [4.78, 5) is 14.8. The van der Waals surface area contributed by atoms with Crippen molar-refractivity contribution in [2.45, 2.75) is 51.7 Å². The van der Waals surface area contributed by atoms with Crippen LogP contribution in [0.15, 0.2) is 36.7 Å². The number of amides is 1. The number of carbonyl (C=O) groups is 1. The van der Waals surface area contributed by atoms with Gasteiger partial charge in [-0.05, 0) is 50.8 Å². The summed E-state index contributed by atoms with van der Waals surface area (Å²) < 4.78 is 1.79. The van der Waals surface area contributed by atoms with Gasteiger partial charge in [0.25, 0.3) is 5.91 Å². The molecule has 2 aromatic rings. The highest BCUT2D eigenvalue weighted by molar-refractivity contribution is 6.30. The molecule has 1 aliphatic heterocycles. The fraction of sp³-hybridized carbons (Fsp3) is 0.444. The number of halogens is 1. The Kier molecular flexibility index (Phi) is 4.71. The van der Waals surface area contributed by atoms with Gasteiger partial charge in [-0.1, -0.05) is 23.7 Å². The van der Waals surface area contributed by atoms with Crippen LogP contribution in [-0.4, -0.2) is 32.7 Å². The van der Waals surface area contributed by atoms with Crippen LogP contribution in [0, 0.1) is 0 Å². The van der Waals surface area contributed by atoms with Crippen molar-refractivity contribution in [2.24, 2.45) is 0 Å². The molecule has 122 valence electrons. The number of benzene rings is 1. The molecule has 2 heterocycles. The Morgan fingerprint density at radius 3 is 2.43 bits per heavy atom. The molecule has 5 heteroatoms. The number of nitrogens with zero attached hydrogens (tertiary/aromatic N) is 3. The fourth-order valence-electron chi connectivity index (χ4n) is 3.34. The molecule has 0 aliphatic carbocycles. The summed E-state index contributed by atoms with van der Waals surface area (Å²) in [6, 6.07) is 8.44. The Morgan fingerprint density at radius 2 is 1.87 bits per heavy atom. The van der Waals surface area contributed by atoms with Crippen molar-refractivity contribution in [3.8, 4) is 0 Å². The van der Waals surface area contributed by atoms with Crippen molar-refractivity contribution in [1.82, 2.24) is 14.7 Å². The second-order valence-electron chi connectivity index (χ2n) is 6.39. The van der Waals surface area contributed by atoms with Gasteiger partial charge in [0.05, 0.1) is 17.8 Å². The number of rotatable bonds is 3. The minimum atomic E-state index is 0.137. The molecule has 4 nitrogen and oxygen atoms in total. The molecule has 1 aromatic carbocycles. The van der Waals surface area contributed by atoms with Crippen LogP contribution in [0.25, 0.3) is 0 Å². The van der Waals surface area contributed by atoms with Crippen molar-refractivity contribution >= 4 is 17.5 Å². The van der Waals surface area contributed by atoms with Crippen LogP contribution < -0.4 is 0 Å². The maximum Gasteiger partial charge on any atom is 0.254 e. The minimum absolute atomic E-state index is 0.137. The molecule has 0 N–H and O–H groups in total. The van der Waals surface area contributed by atoms with E-state index in [1.807, 2.05) is 29.2 Å². The van der Waals surface area contributed by atoms with Gasteiger partial charge in [0, 0.05) is 23.8 Å². The van der Waals surface area contributed by atoms with Gasteiger partial charge in [0.2, 0.25) is 0 Å². The molecule has 0 saturated carbocycles. The van der Waals surface area contributed by atoms with E-state index in [1.54, 1.807) is 17.1 Å². The van der Waals surface area contributed by atoms with E-state index in [2.05, 4.69) is 18.9 Å². The first-order chi connectivity index (χ1) is 11.0. The second-order valence-corrected chi connectivity index (χ2v) is 6.83. The molecule has 0 spiro atoms. The summed E-state index contributed by atoms with van der Waals surface area (Å²) in [7, 11) is 0. The van der Waals surface area contributed by atoms with E-state index in [9.17, 15) is 4.79 Å². The van der Waals surface area contributed by atoms with Gasteiger partial charge < -0.3 is 4.90 Å². The summed E-state index contributed by atoms with van der Waals surface area (Å²) in [6.45, 7) is 4.93. The largest absolute Gasteiger partial charge is 0.333 e. The van der Waals surface area contributed by atoms with E-state index >= 15 is 0 Å². The molecule has 1 fully saturated rings. The van der Waals surface area contributed by atoms with Crippen molar-refractivity contribution in [2.75, 3.05) is 0 Å². The molecule has 1 aliphatic rings. The van der Waals surface area contributed by atoms with Crippen LogP contribution >= 0.6 is 11.6 Å². The van der Waals surface area contributed by atoms with Crippen molar-refractivity contribution in [1.29, 1.82) is 0 Å². The lowest BCUT2D eigenvalue weighted by Crippen LogP contribution is -2.47. The van der Waals surface area contributed by atoms with E-state index < -0.39 is 0 Å². The first kappa shape index (κ1) is 16.1. The monoisotopic (exact) mass is 331 g/mol. The van der Waals surface area contributed by atoms with E-state index in [-0.39, 0.29) is 5.91 Å². The van der Waals surface area contributed by atoms with Crippen molar-refractivity contribution in [3.63, 3.8) is 0 Å². The topological polar surface area (TPSA) is 38.1 Å². The minimum Gasteiger partial charge on any atom is -0.333 e. The van der Waals surface area contributed by atoms with Crippen LogP contribution in [0.2, 0.25) is 5.02 Å². The molecule has 2 atom stereocenters. The van der Waals surface area contributed by atoms with Gasteiger partial charge >= 0.3 is 0 Å². The van der Waals surface area contributed by atoms with E-state index in [0.29, 0.717) is 23.7 Å². The molecule has 1 saturated heterocycles. The van der Waals surface area contributed by atoms with Crippen LogP contribution in [0.1, 0.15) is 49.0 Å². The number of aromatic nitrogens is 2. The molecule has 0 unspecified atom stereocenters. The van der Waals surface area contributed by atoms with Gasteiger partial charge in [-0.2, -0.15) is 5.10 Å².